The first-order valence-electron chi connectivity index (χ1n) is 11.3. The van der Waals surface area contributed by atoms with Gasteiger partial charge in [0.15, 0.2) is 5.69 Å². The Kier molecular flexibility index (Phi) is 8.09. The predicted molar refractivity (Wildman–Crippen MR) is 112 cm³/mol. The van der Waals surface area contributed by atoms with Crippen LogP contribution in [0.1, 0.15) is 68.1 Å². The second-order valence-corrected chi connectivity index (χ2v) is 8.61. The average Bonchev–Trinajstić information content (AvgIpc) is 3.19. The van der Waals surface area contributed by atoms with E-state index in [0.29, 0.717) is 31.1 Å². The highest BCUT2D eigenvalue weighted by molar-refractivity contribution is 5.92. The molecular formula is C22H36N4O3. The van der Waals surface area contributed by atoms with Crippen LogP contribution in [0.4, 0.5) is 0 Å². The summed E-state index contributed by atoms with van der Waals surface area (Å²) in [4.78, 5) is 29.0. The van der Waals surface area contributed by atoms with Crippen LogP contribution in [-0.2, 0) is 4.79 Å². The fraction of sp³-hybridized carbons (Fsp3) is 0.773. The Morgan fingerprint density at radius 1 is 1.17 bits per heavy atom. The number of nitrogens with one attached hydrogen (secondary N) is 1. The molecular weight excluding hydrogens is 368 g/mol. The number of rotatable bonds is 8. The van der Waals surface area contributed by atoms with Gasteiger partial charge in [0, 0.05) is 51.3 Å². The summed E-state index contributed by atoms with van der Waals surface area (Å²) in [6, 6.07) is 1.68. The monoisotopic (exact) mass is 404 g/mol. The van der Waals surface area contributed by atoms with Gasteiger partial charge in [-0.15, -0.1) is 0 Å². The number of hydrogen-bond acceptors (Lipinski definition) is 5. The van der Waals surface area contributed by atoms with Crippen molar-refractivity contribution in [2.45, 2.75) is 58.8 Å². The van der Waals surface area contributed by atoms with Gasteiger partial charge in [0.05, 0.1) is 0 Å². The van der Waals surface area contributed by atoms with E-state index in [1.54, 1.807) is 13.0 Å². The normalized spacial score (nSPS) is 23.2. The van der Waals surface area contributed by atoms with Crippen molar-refractivity contribution < 1.29 is 14.1 Å². The van der Waals surface area contributed by atoms with Crippen molar-refractivity contribution in [3.05, 3.63) is 17.5 Å². The van der Waals surface area contributed by atoms with Gasteiger partial charge in [-0.3, -0.25) is 14.5 Å². The van der Waals surface area contributed by atoms with E-state index in [1.165, 1.54) is 32.1 Å². The molecule has 2 fully saturated rings. The molecule has 2 amide bonds. The van der Waals surface area contributed by atoms with Crippen molar-refractivity contribution in [2.24, 2.45) is 11.8 Å². The largest absolute Gasteiger partial charge is 0.361 e. The van der Waals surface area contributed by atoms with Crippen LogP contribution in [-0.4, -0.2) is 66.0 Å². The highest BCUT2D eigenvalue weighted by atomic mass is 16.5. The van der Waals surface area contributed by atoms with E-state index in [0.717, 1.165) is 38.4 Å². The summed E-state index contributed by atoms with van der Waals surface area (Å²) >= 11 is 0. The zero-order valence-electron chi connectivity index (χ0n) is 18.0. The molecule has 1 aromatic heterocycles. The molecule has 1 aromatic rings. The van der Waals surface area contributed by atoms with Gasteiger partial charge in [-0.25, -0.2) is 0 Å². The van der Waals surface area contributed by atoms with E-state index in [1.807, 2.05) is 4.90 Å². The highest BCUT2D eigenvalue weighted by Crippen LogP contribution is 2.31. The van der Waals surface area contributed by atoms with Crippen molar-refractivity contribution in [2.75, 3.05) is 39.3 Å². The molecule has 1 aliphatic carbocycles. The molecule has 0 aromatic carbocycles. The molecule has 0 atom stereocenters. The Balaban J connectivity index is 1.30. The second-order valence-electron chi connectivity index (χ2n) is 8.61. The number of hydrogen-bond donors (Lipinski definition) is 1. The molecule has 1 saturated heterocycles. The summed E-state index contributed by atoms with van der Waals surface area (Å²) in [6.07, 6.45) is 8.42. The first-order chi connectivity index (χ1) is 14.1. The number of unbranched alkanes of at least 4 members (excludes halogenated alkanes) is 1. The minimum absolute atomic E-state index is 0.0654. The Morgan fingerprint density at radius 3 is 2.52 bits per heavy atom. The molecule has 0 radical (unpaired) electrons. The van der Waals surface area contributed by atoms with Crippen molar-refractivity contribution in [3.63, 3.8) is 0 Å². The topological polar surface area (TPSA) is 78.7 Å². The van der Waals surface area contributed by atoms with Crippen molar-refractivity contribution in [1.82, 2.24) is 20.3 Å². The maximum atomic E-state index is 12.5. The van der Waals surface area contributed by atoms with Crippen LogP contribution in [0.2, 0.25) is 0 Å². The summed E-state index contributed by atoms with van der Waals surface area (Å²) in [5, 5.41) is 6.95. The van der Waals surface area contributed by atoms with Crippen LogP contribution in [0.3, 0.4) is 0 Å². The Hall–Kier alpha value is -1.89. The number of nitrogens with zero attached hydrogens (tertiary/aromatic N) is 3. The molecule has 2 heterocycles. The van der Waals surface area contributed by atoms with Crippen LogP contribution in [0.15, 0.2) is 10.6 Å². The molecule has 162 valence electrons. The Labute approximate surface area is 174 Å². The quantitative estimate of drug-likeness (QED) is 0.721. The first kappa shape index (κ1) is 21.8. The summed E-state index contributed by atoms with van der Waals surface area (Å²) in [5.74, 6) is 1.85. The molecule has 7 nitrogen and oxygen atoms in total. The van der Waals surface area contributed by atoms with E-state index in [9.17, 15) is 9.59 Å². The van der Waals surface area contributed by atoms with Gasteiger partial charge in [0.1, 0.15) is 5.76 Å². The fourth-order valence-electron chi connectivity index (χ4n) is 4.49. The summed E-state index contributed by atoms with van der Waals surface area (Å²) in [6.45, 7) is 8.55. The number of aromatic nitrogens is 1. The third kappa shape index (κ3) is 6.29. The lowest BCUT2D eigenvalue weighted by Crippen LogP contribution is -2.50. The molecule has 0 unspecified atom stereocenters. The van der Waals surface area contributed by atoms with E-state index in [-0.39, 0.29) is 17.7 Å². The molecule has 1 aliphatic heterocycles. The molecule has 0 bridgehead atoms. The predicted octanol–water partition coefficient (Wildman–Crippen LogP) is 2.85. The SMILES string of the molecule is CCCCC1CCC(C(=O)NCCN2CCN(C(=O)c3cc(C)on3)CC2)CC1. The molecule has 7 heteroatoms. The third-order valence-electron chi connectivity index (χ3n) is 6.42. The number of piperazine rings is 1. The first-order valence-corrected chi connectivity index (χ1v) is 11.3. The maximum Gasteiger partial charge on any atom is 0.276 e. The maximum absolute atomic E-state index is 12.5. The van der Waals surface area contributed by atoms with Gasteiger partial charge in [-0.05, 0) is 38.5 Å². The van der Waals surface area contributed by atoms with Crippen molar-refractivity contribution >= 4 is 11.8 Å². The molecule has 0 spiro atoms. The minimum Gasteiger partial charge on any atom is -0.361 e. The minimum atomic E-state index is -0.0654. The Bertz CT molecular complexity index is 659. The number of aryl methyl sites for hydroxylation is 1. The van der Waals surface area contributed by atoms with Crippen LogP contribution >= 0.6 is 0 Å². The zero-order chi connectivity index (χ0) is 20.6. The standard InChI is InChI=1S/C22H36N4O3/c1-3-4-5-18-6-8-19(9-7-18)21(27)23-10-11-25-12-14-26(15-13-25)22(28)20-16-17(2)29-24-20/h16,18-19H,3-15H2,1-2H3,(H,23,27). The van der Waals surface area contributed by atoms with E-state index in [2.05, 4.69) is 22.3 Å². The summed E-state index contributed by atoms with van der Waals surface area (Å²) in [7, 11) is 0. The van der Waals surface area contributed by atoms with E-state index >= 15 is 0 Å². The zero-order valence-corrected chi connectivity index (χ0v) is 18.0. The summed E-state index contributed by atoms with van der Waals surface area (Å²) < 4.78 is 5.00. The van der Waals surface area contributed by atoms with Crippen LogP contribution in [0, 0.1) is 18.8 Å². The molecule has 1 N–H and O–H groups in total. The molecule has 1 saturated carbocycles. The fourth-order valence-corrected chi connectivity index (χ4v) is 4.49. The number of carbonyl (C=O) groups is 2. The van der Waals surface area contributed by atoms with Crippen molar-refractivity contribution in [3.8, 4) is 0 Å². The lowest BCUT2D eigenvalue weighted by atomic mass is 9.79. The molecule has 3 rings (SSSR count). The summed E-state index contributed by atoms with van der Waals surface area (Å²) in [5.41, 5.74) is 0.382. The lowest BCUT2D eigenvalue weighted by Gasteiger charge is -2.34. The molecule has 2 aliphatic rings. The second kappa shape index (κ2) is 10.8. The van der Waals surface area contributed by atoms with Crippen LogP contribution in [0.25, 0.3) is 0 Å². The van der Waals surface area contributed by atoms with Crippen molar-refractivity contribution in [1.29, 1.82) is 0 Å². The average molecular weight is 405 g/mol. The van der Waals surface area contributed by atoms with Gasteiger partial charge in [-0.2, -0.15) is 0 Å². The van der Waals surface area contributed by atoms with E-state index < -0.39 is 0 Å². The van der Waals surface area contributed by atoms with Gasteiger partial charge in [-0.1, -0.05) is 31.3 Å². The van der Waals surface area contributed by atoms with Gasteiger partial charge in [0.2, 0.25) is 5.91 Å². The van der Waals surface area contributed by atoms with Gasteiger partial charge in [0.25, 0.3) is 5.91 Å². The Morgan fingerprint density at radius 2 is 1.90 bits per heavy atom. The highest BCUT2D eigenvalue weighted by Gasteiger charge is 2.27. The molecule has 29 heavy (non-hydrogen) atoms. The third-order valence-corrected chi connectivity index (χ3v) is 6.42. The van der Waals surface area contributed by atoms with Gasteiger partial charge >= 0.3 is 0 Å². The smallest absolute Gasteiger partial charge is 0.276 e. The van der Waals surface area contributed by atoms with E-state index in [4.69, 9.17) is 4.52 Å². The van der Waals surface area contributed by atoms with Crippen LogP contribution < -0.4 is 5.32 Å². The number of carbonyl (C=O) groups excluding carboxylic acids is 2. The number of amides is 2. The lowest BCUT2D eigenvalue weighted by molar-refractivity contribution is -0.126. The van der Waals surface area contributed by atoms with Gasteiger partial charge < -0.3 is 14.7 Å². The van der Waals surface area contributed by atoms with Crippen LogP contribution in [0.5, 0.6) is 0 Å².